The lowest BCUT2D eigenvalue weighted by Crippen LogP contribution is -2.02. The summed E-state index contributed by atoms with van der Waals surface area (Å²) in [7, 11) is 3.31. The van der Waals surface area contributed by atoms with E-state index in [1.807, 2.05) is 12.1 Å². The Labute approximate surface area is 96.3 Å². The van der Waals surface area contributed by atoms with Gasteiger partial charge in [-0.1, -0.05) is 12.6 Å². The van der Waals surface area contributed by atoms with Crippen LogP contribution in [-0.4, -0.2) is 32.2 Å². The van der Waals surface area contributed by atoms with Gasteiger partial charge in [-0.15, -0.1) is 0 Å². The molecule has 86 valence electrons. The van der Waals surface area contributed by atoms with Crippen molar-refractivity contribution in [3.63, 3.8) is 0 Å². The summed E-state index contributed by atoms with van der Waals surface area (Å²) in [4.78, 5) is 2.26. The molecule has 0 aliphatic carbocycles. The van der Waals surface area contributed by atoms with Crippen LogP contribution in [0, 0.1) is 0 Å². The summed E-state index contributed by atoms with van der Waals surface area (Å²) in [6.45, 7) is 5.99. The molecular weight excluding hydrogens is 202 g/mol. The molecule has 0 amide bonds. The molecule has 1 heterocycles. The molecule has 3 heteroatoms. The van der Waals surface area contributed by atoms with Crippen LogP contribution in [0.15, 0.2) is 30.5 Å². The maximum Gasteiger partial charge on any atom is 0.160 e. The van der Waals surface area contributed by atoms with E-state index in [0.29, 0.717) is 0 Å². The van der Waals surface area contributed by atoms with E-state index in [4.69, 9.17) is 9.47 Å². The minimum absolute atomic E-state index is 0.780. The normalized spacial score (nSPS) is 13.9. The molecule has 0 atom stereocenters. The highest BCUT2D eigenvalue weighted by Crippen LogP contribution is 2.28. The van der Waals surface area contributed by atoms with Gasteiger partial charge in [-0.3, -0.25) is 0 Å². The predicted molar refractivity (Wildman–Crippen MR) is 64.0 cm³/mol. The van der Waals surface area contributed by atoms with Crippen molar-refractivity contribution in [2.45, 2.75) is 6.42 Å². The first kappa shape index (κ1) is 10.9. The molecular formula is C13H17NO2. The monoisotopic (exact) mass is 219 g/mol. The van der Waals surface area contributed by atoms with Crippen molar-refractivity contribution < 1.29 is 9.47 Å². The summed E-state index contributed by atoms with van der Waals surface area (Å²) in [6, 6.07) is 6.06. The molecule has 1 aromatic carbocycles. The first-order chi connectivity index (χ1) is 7.74. The molecule has 0 bridgehead atoms. The lowest BCUT2D eigenvalue weighted by Gasteiger charge is -2.09. The highest BCUT2D eigenvalue weighted by Gasteiger charge is 2.21. The van der Waals surface area contributed by atoms with Gasteiger partial charge in [-0.25, -0.2) is 0 Å². The molecule has 0 aromatic heterocycles. The van der Waals surface area contributed by atoms with E-state index in [1.54, 1.807) is 14.2 Å². The second-order valence-corrected chi connectivity index (χ2v) is 3.93. The number of nitrogens with zero attached hydrogens (tertiary/aromatic N) is 1. The highest BCUT2D eigenvalue weighted by molar-refractivity contribution is 5.43. The summed E-state index contributed by atoms with van der Waals surface area (Å²) < 4.78 is 10.5. The van der Waals surface area contributed by atoms with E-state index in [-0.39, 0.29) is 0 Å². The molecule has 16 heavy (non-hydrogen) atoms. The van der Waals surface area contributed by atoms with Crippen molar-refractivity contribution in [3.8, 4) is 11.5 Å². The molecule has 3 nitrogen and oxygen atoms in total. The van der Waals surface area contributed by atoms with Gasteiger partial charge < -0.3 is 14.4 Å². The largest absolute Gasteiger partial charge is 0.493 e. The summed E-state index contributed by atoms with van der Waals surface area (Å²) in [5, 5.41) is 0. The fourth-order valence-corrected chi connectivity index (χ4v) is 1.72. The van der Waals surface area contributed by atoms with Crippen molar-refractivity contribution in [3.05, 3.63) is 36.0 Å². The fraction of sp³-hybridized carbons (Fsp3) is 0.385. The van der Waals surface area contributed by atoms with Crippen LogP contribution in [0.1, 0.15) is 5.56 Å². The van der Waals surface area contributed by atoms with Gasteiger partial charge in [-0.2, -0.15) is 0 Å². The SMILES string of the molecule is C=C1CN1CCc1ccc(OC)c(OC)c1. The summed E-state index contributed by atoms with van der Waals surface area (Å²) >= 11 is 0. The number of benzene rings is 1. The maximum atomic E-state index is 5.26. The number of rotatable bonds is 5. The fourth-order valence-electron chi connectivity index (χ4n) is 1.72. The van der Waals surface area contributed by atoms with Crippen molar-refractivity contribution in [2.75, 3.05) is 27.3 Å². The van der Waals surface area contributed by atoms with Crippen molar-refractivity contribution >= 4 is 0 Å². The Bertz CT molecular complexity index is 401. The van der Waals surface area contributed by atoms with Gasteiger partial charge in [-0.05, 0) is 24.1 Å². The van der Waals surface area contributed by atoms with E-state index in [0.717, 1.165) is 31.0 Å². The number of hydrogen-bond donors (Lipinski definition) is 0. The van der Waals surface area contributed by atoms with Crippen LogP contribution in [0.2, 0.25) is 0 Å². The number of ether oxygens (including phenoxy) is 2. The van der Waals surface area contributed by atoms with Crippen LogP contribution < -0.4 is 9.47 Å². The third-order valence-electron chi connectivity index (χ3n) is 2.84. The van der Waals surface area contributed by atoms with E-state index in [2.05, 4.69) is 17.5 Å². The lowest BCUT2D eigenvalue weighted by molar-refractivity contribution is 0.354. The van der Waals surface area contributed by atoms with Crippen molar-refractivity contribution in [1.29, 1.82) is 0 Å². The molecule has 2 rings (SSSR count). The summed E-state index contributed by atoms with van der Waals surface area (Å²) in [5.41, 5.74) is 2.50. The minimum Gasteiger partial charge on any atom is -0.493 e. The van der Waals surface area contributed by atoms with Gasteiger partial charge in [0, 0.05) is 12.2 Å². The zero-order valence-electron chi connectivity index (χ0n) is 9.82. The lowest BCUT2D eigenvalue weighted by atomic mass is 10.1. The Kier molecular flexibility index (Phi) is 3.04. The van der Waals surface area contributed by atoms with Crippen molar-refractivity contribution in [1.82, 2.24) is 4.90 Å². The topological polar surface area (TPSA) is 21.5 Å². The van der Waals surface area contributed by atoms with Gasteiger partial charge in [0.1, 0.15) is 0 Å². The van der Waals surface area contributed by atoms with Crippen LogP contribution in [0.3, 0.4) is 0 Å². The highest BCUT2D eigenvalue weighted by atomic mass is 16.5. The Morgan fingerprint density at radius 2 is 1.94 bits per heavy atom. The van der Waals surface area contributed by atoms with E-state index < -0.39 is 0 Å². The summed E-state index contributed by atoms with van der Waals surface area (Å²) in [6.07, 6.45) is 1.01. The number of methoxy groups -OCH3 is 2. The Morgan fingerprint density at radius 3 is 2.50 bits per heavy atom. The summed E-state index contributed by atoms with van der Waals surface area (Å²) in [5.74, 6) is 1.58. The van der Waals surface area contributed by atoms with Crippen molar-refractivity contribution in [2.24, 2.45) is 0 Å². The van der Waals surface area contributed by atoms with Crippen LogP contribution in [0.4, 0.5) is 0 Å². The third-order valence-corrected chi connectivity index (χ3v) is 2.84. The average molecular weight is 219 g/mol. The zero-order chi connectivity index (χ0) is 11.5. The Balaban J connectivity index is 2.01. The molecule has 1 saturated heterocycles. The first-order valence-corrected chi connectivity index (χ1v) is 5.38. The second kappa shape index (κ2) is 4.47. The molecule has 0 radical (unpaired) electrons. The van der Waals surface area contributed by atoms with Crippen LogP contribution in [-0.2, 0) is 6.42 Å². The molecule has 1 aromatic rings. The van der Waals surface area contributed by atoms with Gasteiger partial charge in [0.25, 0.3) is 0 Å². The average Bonchev–Trinajstić information content (AvgIpc) is 3.02. The van der Waals surface area contributed by atoms with E-state index >= 15 is 0 Å². The van der Waals surface area contributed by atoms with E-state index in [1.165, 1.54) is 11.3 Å². The smallest absolute Gasteiger partial charge is 0.160 e. The number of hydrogen-bond acceptors (Lipinski definition) is 3. The Hall–Kier alpha value is -1.64. The van der Waals surface area contributed by atoms with Crippen LogP contribution in [0.25, 0.3) is 0 Å². The molecule has 0 spiro atoms. The second-order valence-electron chi connectivity index (χ2n) is 3.93. The van der Waals surface area contributed by atoms with E-state index in [9.17, 15) is 0 Å². The molecule has 1 aliphatic heterocycles. The molecule has 0 N–H and O–H groups in total. The maximum absolute atomic E-state index is 5.26. The van der Waals surface area contributed by atoms with Crippen LogP contribution >= 0.6 is 0 Å². The predicted octanol–water partition coefficient (Wildman–Crippen LogP) is 2.08. The standard InChI is InChI=1S/C13H17NO2/c1-10-9-14(10)7-6-11-4-5-12(15-2)13(8-11)16-3/h4-5,8H,1,6-7,9H2,2-3H3. The minimum atomic E-state index is 0.780. The van der Waals surface area contributed by atoms with Gasteiger partial charge in [0.15, 0.2) is 11.5 Å². The van der Waals surface area contributed by atoms with Gasteiger partial charge >= 0.3 is 0 Å². The Morgan fingerprint density at radius 1 is 1.25 bits per heavy atom. The quantitative estimate of drug-likeness (QED) is 0.708. The van der Waals surface area contributed by atoms with Crippen LogP contribution in [0.5, 0.6) is 11.5 Å². The molecule has 1 aliphatic rings. The van der Waals surface area contributed by atoms with Gasteiger partial charge in [0.05, 0.1) is 20.8 Å². The third kappa shape index (κ3) is 2.30. The molecule has 0 unspecified atom stereocenters. The van der Waals surface area contributed by atoms with Gasteiger partial charge in [0.2, 0.25) is 0 Å². The molecule has 0 saturated carbocycles. The molecule has 1 fully saturated rings. The zero-order valence-corrected chi connectivity index (χ0v) is 9.82. The first-order valence-electron chi connectivity index (χ1n) is 5.38.